The summed E-state index contributed by atoms with van der Waals surface area (Å²) in [5.41, 5.74) is 1.51. The van der Waals surface area contributed by atoms with Gasteiger partial charge in [-0.15, -0.1) is 0 Å². The Morgan fingerprint density at radius 1 is 1.19 bits per heavy atom. The minimum absolute atomic E-state index is 0.503. The number of halogens is 3. The average molecular weight is 311 g/mol. The van der Waals surface area contributed by atoms with E-state index in [4.69, 9.17) is 12.2 Å². The second-order valence-corrected chi connectivity index (χ2v) is 5.43. The van der Waals surface area contributed by atoms with Crippen molar-refractivity contribution in [1.82, 2.24) is 4.57 Å². The molecule has 1 heterocycles. The van der Waals surface area contributed by atoms with E-state index in [1.165, 1.54) is 6.07 Å². The van der Waals surface area contributed by atoms with E-state index in [0.29, 0.717) is 15.6 Å². The molecule has 2 aromatic rings. The highest BCUT2D eigenvalue weighted by Gasteiger charge is 2.30. The predicted molar refractivity (Wildman–Crippen MR) is 80.7 cm³/mol. The Kier molecular flexibility index (Phi) is 4.52. The first-order chi connectivity index (χ1) is 9.82. The normalized spacial score (nSPS) is 11.7. The van der Waals surface area contributed by atoms with E-state index in [2.05, 4.69) is 0 Å². The van der Waals surface area contributed by atoms with Gasteiger partial charge in [0.15, 0.2) is 0 Å². The smallest absolute Gasteiger partial charge is 0.356 e. The fourth-order valence-corrected chi connectivity index (χ4v) is 2.62. The summed E-state index contributed by atoms with van der Waals surface area (Å²) >= 11 is 5.44. The van der Waals surface area contributed by atoms with E-state index in [0.717, 1.165) is 30.5 Å². The van der Waals surface area contributed by atoms with Crippen LogP contribution < -0.4 is 0 Å². The second kappa shape index (κ2) is 6.02. The van der Waals surface area contributed by atoms with Crippen LogP contribution in [0.2, 0.25) is 0 Å². The molecule has 5 heteroatoms. The first kappa shape index (κ1) is 15.8. The molecular weight excluding hydrogens is 295 g/mol. The van der Waals surface area contributed by atoms with Crippen molar-refractivity contribution in [1.29, 1.82) is 0 Å². The number of nitrogens with zero attached hydrogens (tertiary/aromatic N) is 1. The number of pyridine rings is 1. The Hall–Kier alpha value is -1.62. The molecule has 1 aromatic heterocycles. The molecule has 21 heavy (non-hydrogen) atoms. The Labute approximate surface area is 127 Å². The van der Waals surface area contributed by atoms with E-state index in [1.54, 1.807) is 12.3 Å². The maximum Gasteiger partial charge on any atom is 0.416 e. The van der Waals surface area contributed by atoms with Gasteiger partial charge in [-0.2, -0.15) is 13.2 Å². The van der Waals surface area contributed by atoms with Crippen LogP contribution in [0.1, 0.15) is 24.5 Å². The SMILES string of the molecule is CCCc1cn(C)cc(-c2cccc(C(F)(F)F)c2)c1=S. The third-order valence-electron chi connectivity index (χ3n) is 3.25. The van der Waals surface area contributed by atoms with Crippen LogP contribution >= 0.6 is 12.2 Å². The molecule has 0 aliphatic heterocycles. The van der Waals surface area contributed by atoms with Gasteiger partial charge in [0.2, 0.25) is 0 Å². The van der Waals surface area contributed by atoms with Crippen LogP contribution in [0.5, 0.6) is 0 Å². The Bertz CT molecular complexity index is 701. The van der Waals surface area contributed by atoms with Crippen molar-refractivity contribution < 1.29 is 13.2 Å². The van der Waals surface area contributed by atoms with Gasteiger partial charge in [-0.1, -0.05) is 37.7 Å². The van der Waals surface area contributed by atoms with Crippen LogP contribution in [-0.4, -0.2) is 4.57 Å². The molecule has 0 radical (unpaired) electrons. The van der Waals surface area contributed by atoms with E-state index >= 15 is 0 Å². The zero-order valence-corrected chi connectivity index (χ0v) is 12.7. The average Bonchev–Trinajstić information content (AvgIpc) is 2.42. The largest absolute Gasteiger partial charge is 0.416 e. The van der Waals surface area contributed by atoms with Crippen molar-refractivity contribution >= 4 is 12.2 Å². The lowest BCUT2D eigenvalue weighted by molar-refractivity contribution is -0.137. The number of alkyl halides is 3. The van der Waals surface area contributed by atoms with Gasteiger partial charge in [0.1, 0.15) is 0 Å². The molecule has 1 aromatic carbocycles. The van der Waals surface area contributed by atoms with Crippen molar-refractivity contribution in [2.24, 2.45) is 7.05 Å². The summed E-state index contributed by atoms with van der Waals surface area (Å²) in [6.45, 7) is 2.05. The molecule has 0 bridgehead atoms. The third kappa shape index (κ3) is 3.53. The Morgan fingerprint density at radius 2 is 1.90 bits per heavy atom. The third-order valence-corrected chi connectivity index (χ3v) is 3.73. The lowest BCUT2D eigenvalue weighted by Crippen LogP contribution is -2.05. The van der Waals surface area contributed by atoms with Crippen LogP contribution in [0.15, 0.2) is 36.7 Å². The minimum atomic E-state index is -4.35. The zero-order chi connectivity index (χ0) is 15.6. The van der Waals surface area contributed by atoms with Crippen LogP contribution in [0.3, 0.4) is 0 Å². The van der Waals surface area contributed by atoms with E-state index in [-0.39, 0.29) is 0 Å². The highest BCUT2D eigenvalue weighted by atomic mass is 32.1. The lowest BCUT2D eigenvalue weighted by Gasteiger charge is -2.12. The maximum absolute atomic E-state index is 12.8. The van der Waals surface area contributed by atoms with Gasteiger partial charge in [0, 0.05) is 25.0 Å². The second-order valence-electron chi connectivity index (χ2n) is 5.02. The van der Waals surface area contributed by atoms with E-state index in [9.17, 15) is 13.2 Å². The standard InChI is InChI=1S/C16H16F3NS/c1-3-5-12-9-20(2)10-14(15(12)21)11-6-4-7-13(8-11)16(17,18)19/h4,6-10H,3,5H2,1-2H3. The summed E-state index contributed by atoms with van der Waals surface area (Å²) in [5.74, 6) is 0. The molecule has 0 N–H and O–H groups in total. The summed E-state index contributed by atoms with van der Waals surface area (Å²) in [7, 11) is 1.85. The van der Waals surface area contributed by atoms with Crippen molar-refractivity contribution in [3.05, 3.63) is 52.3 Å². The number of rotatable bonds is 3. The van der Waals surface area contributed by atoms with Crippen molar-refractivity contribution in [3.63, 3.8) is 0 Å². The fraction of sp³-hybridized carbons (Fsp3) is 0.312. The quantitative estimate of drug-likeness (QED) is 0.688. The van der Waals surface area contributed by atoms with Gasteiger partial charge in [-0.05, 0) is 29.7 Å². The van der Waals surface area contributed by atoms with E-state index in [1.807, 2.05) is 24.7 Å². The minimum Gasteiger partial charge on any atom is -0.356 e. The van der Waals surface area contributed by atoms with Gasteiger partial charge in [-0.25, -0.2) is 0 Å². The molecule has 2 rings (SSSR count). The highest BCUT2D eigenvalue weighted by molar-refractivity contribution is 7.71. The first-order valence-electron chi connectivity index (χ1n) is 6.69. The van der Waals surface area contributed by atoms with Gasteiger partial charge < -0.3 is 4.57 Å². The molecule has 0 aliphatic carbocycles. The summed E-state index contributed by atoms with van der Waals surface area (Å²) in [4.78, 5) is 0. The van der Waals surface area contributed by atoms with E-state index < -0.39 is 11.7 Å². The monoisotopic (exact) mass is 311 g/mol. The molecule has 0 aliphatic rings. The molecule has 0 amide bonds. The molecule has 0 unspecified atom stereocenters. The summed E-state index contributed by atoms with van der Waals surface area (Å²) in [6.07, 6.45) is 1.12. The predicted octanol–water partition coefficient (Wildman–Crippen LogP) is 5.39. The van der Waals surface area contributed by atoms with Gasteiger partial charge >= 0.3 is 6.18 Å². The first-order valence-corrected chi connectivity index (χ1v) is 7.10. The molecule has 0 saturated heterocycles. The Morgan fingerprint density at radius 3 is 2.52 bits per heavy atom. The number of aromatic nitrogens is 1. The number of hydrogen-bond acceptors (Lipinski definition) is 1. The summed E-state index contributed by atoms with van der Waals surface area (Å²) < 4.78 is 41.0. The van der Waals surface area contributed by atoms with Crippen LogP contribution in [0.25, 0.3) is 11.1 Å². The van der Waals surface area contributed by atoms with Crippen LogP contribution in [0.4, 0.5) is 13.2 Å². The molecule has 112 valence electrons. The maximum atomic E-state index is 12.8. The van der Waals surface area contributed by atoms with Crippen molar-refractivity contribution in [2.45, 2.75) is 25.9 Å². The number of aryl methyl sites for hydroxylation is 2. The fourth-order valence-electron chi connectivity index (χ4n) is 2.29. The van der Waals surface area contributed by atoms with Gasteiger partial charge in [0.05, 0.1) is 10.1 Å². The molecule has 0 saturated carbocycles. The van der Waals surface area contributed by atoms with Crippen LogP contribution in [-0.2, 0) is 19.6 Å². The van der Waals surface area contributed by atoms with Crippen molar-refractivity contribution in [3.8, 4) is 11.1 Å². The van der Waals surface area contributed by atoms with Crippen molar-refractivity contribution in [2.75, 3.05) is 0 Å². The molecule has 0 fully saturated rings. The van der Waals surface area contributed by atoms with Gasteiger partial charge in [0.25, 0.3) is 0 Å². The number of benzene rings is 1. The van der Waals surface area contributed by atoms with Gasteiger partial charge in [-0.3, -0.25) is 0 Å². The summed E-state index contributed by atoms with van der Waals surface area (Å²) in [5, 5.41) is 0. The molecule has 1 nitrogen and oxygen atoms in total. The number of hydrogen-bond donors (Lipinski definition) is 0. The van der Waals surface area contributed by atoms with Crippen LogP contribution in [0, 0.1) is 4.51 Å². The molecular formula is C16H16F3NS. The summed E-state index contributed by atoms with van der Waals surface area (Å²) in [6, 6.07) is 5.30. The zero-order valence-electron chi connectivity index (χ0n) is 11.9. The molecule has 0 spiro atoms. The lowest BCUT2D eigenvalue weighted by atomic mass is 10.0. The highest BCUT2D eigenvalue weighted by Crippen LogP contribution is 2.32. The molecule has 0 atom stereocenters. The Balaban J connectivity index is 2.59. The topological polar surface area (TPSA) is 4.93 Å².